The third-order valence-electron chi connectivity index (χ3n) is 6.38. The fourth-order valence-electron chi connectivity index (χ4n) is 3.68. The molecule has 0 bridgehead atoms. The van der Waals surface area contributed by atoms with E-state index in [2.05, 4.69) is 66.1 Å². The second-order valence-corrected chi connectivity index (χ2v) is 14.4. The molecule has 2 saturated heterocycles. The van der Waals surface area contributed by atoms with Crippen LogP contribution in [-0.4, -0.2) is 67.6 Å². The molecule has 0 spiro atoms. The number of hydrogen-bond donors (Lipinski definition) is 0. The second-order valence-electron chi connectivity index (χ2n) is 9.14. The smallest absolute Gasteiger partial charge is 0.299 e. The van der Waals surface area contributed by atoms with Gasteiger partial charge in [-0.2, -0.15) is 4.98 Å². The topological polar surface area (TPSA) is 67.6 Å². The summed E-state index contributed by atoms with van der Waals surface area (Å²) in [5.74, 6) is 0. The highest BCUT2D eigenvalue weighted by Crippen LogP contribution is 2.35. The molecule has 7 nitrogen and oxygen atoms in total. The van der Waals surface area contributed by atoms with E-state index >= 15 is 0 Å². The van der Waals surface area contributed by atoms with Crippen molar-refractivity contribution in [2.75, 3.05) is 19.8 Å². The molecular formula is C21H29ClIN3O4Si. The minimum Gasteiger partial charge on any atom is -0.456 e. The molecule has 4 heterocycles. The van der Waals surface area contributed by atoms with Crippen molar-refractivity contribution in [1.82, 2.24) is 14.5 Å². The van der Waals surface area contributed by atoms with Crippen molar-refractivity contribution in [1.29, 1.82) is 0 Å². The van der Waals surface area contributed by atoms with Gasteiger partial charge < -0.3 is 18.9 Å². The molecule has 0 unspecified atom stereocenters. The fraction of sp³-hybridized carbons (Fsp3) is 0.619. The van der Waals surface area contributed by atoms with E-state index in [0.717, 1.165) is 12.1 Å². The molecule has 2 aliphatic heterocycles. The minimum atomic E-state index is -0.831. The highest BCUT2D eigenvalue weighted by Gasteiger charge is 2.50. The molecule has 170 valence electrons. The summed E-state index contributed by atoms with van der Waals surface area (Å²) < 4.78 is 27.3. The van der Waals surface area contributed by atoms with Gasteiger partial charge in [-0.05, 0) is 33.7 Å². The van der Waals surface area contributed by atoms with Gasteiger partial charge in [0.05, 0.1) is 23.8 Å². The summed E-state index contributed by atoms with van der Waals surface area (Å²) in [6, 6.07) is 2.33. The van der Waals surface area contributed by atoms with Crippen LogP contribution in [0.3, 0.4) is 0 Å². The Morgan fingerprint density at radius 1 is 1.29 bits per heavy atom. The lowest BCUT2D eigenvalue weighted by atomic mass is 10.1. The van der Waals surface area contributed by atoms with Gasteiger partial charge in [0, 0.05) is 21.9 Å². The molecule has 2 fully saturated rings. The fourth-order valence-corrected chi connectivity index (χ4v) is 4.63. The Hall–Kier alpha value is -0.723. The first-order valence-electron chi connectivity index (χ1n) is 10.6. The van der Waals surface area contributed by atoms with Crippen LogP contribution in [0.5, 0.6) is 6.01 Å². The Morgan fingerprint density at radius 3 is 2.65 bits per heavy atom. The monoisotopic (exact) mass is 577 g/mol. The van der Waals surface area contributed by atoms with Gasteiger partial charge in [-0.25, -0.2) is 4.98 Å². The van der Waals surface area contributed by atoms with Crippen LogP contribution in [0.2, 0.25) is 23.2 Å². The molecule has 2 aromatic rings. The van der Waals surface area contributed by atoms with Crippen LogP contribution in [0.4, 0.5) is 0 Å². The predicted octanol–water partition coefficient (Wildman–Crippen LogP) is 4.07. The van der Waals surface area contributed by atoms with E-state index < -0.39 is 8.80 Å². The van der Waals surface area contributed by atoms with Crippen LogP contribution in [0, 0.1) is 3.70 Å². The highest BCUT2D eigenvalue weighted by atomic mass is 127. The van der Waals surface area contributed by atoms with Gasteiger partial charge in [-0.15, -0.1) is 6.58 Å². The minimum absolute atomic E-state index is 0.0698. The Bertz CT molecular complexity index is 970. The summed E-state index contributed by atoms with van der Waals surface area (Å²) in [5.41, 5.74) is 1.40. The van der Waals surface area contributed by atoms with Crippen LogP contribution < -0.4 is 4.74 Å². The predicted molar refractivity (Wildman–Crippen MR) is 132 cm³/mol. The van der Waals surface area contributed by atoms with Crippen LogP contribution in [-0.2, 0) is 20.8 Å². The maximum absolute atomic E-state index is 6.29. The third-order valence-corrected chi connectivity index (χ3v) is 11.1. The number of ether oxygens (including phenoxy) is 4. The van der Waals surface area contributed by atoms with Gasteiger partial charge in [0.1, 0.15) is 22.0 Å². The maximum atomic E-state index is 6.29. The molecule has 4 rings (SSSR count). The number of pyridine rings is 1. The van der Waals surface area contributed by atoms with E-state index in [-0.39, 0.29) is 29.5 Å². The van der Waals surface area contributed by atoms with Crippen molar-refractivity contribution < 1.29 is 18.9 Å². The van der Waals surface area contributed by atoms with Crippen LogP contribution in [0.25, 0.3) is 11.2 Å². The van der Waals surface area contributed by atoms with Crippen LogP contribution in [0.15, 0.2) is 18.7 Å². The SMILES string of the molecule is C=CCn1c(O[C@@H]2CO[C@@H]3[C@@H]2OC[C@H]3OCC(C)(C)[SiH](C)C)nc2nc(I)c(Cl)cc21. The molecule has 0 aliphatic carbocycles. The molecule has 0 amide bonds. The molecule has 10 heteroatoms. The highest BCUT2D eigenvalue weighted by molar-refractivity contribution is 14.1. The number of aromatic nitrogens is 3. The Balaban J connectivity index is 1.48. The Labute approximate surface area is 203 Å². The van der Waals surface area contributed by atoms with Crippen LogP contribution >= 0.6 is 34.2 Å². The van der Waals surface area contributed by atoms with Crippen molar-refractivity contribution in [3.8, 4) is 6.01 Å². The first kappa shape index (κ1) is 23.4. The van der Waals surface area contributed by atoms with E-state index in [9.17, 15) is 0 Å². The standard InChI is InChI=1S/C21H29ClIN3O4Si/c1-6-7-26-13-8-12(22)18(23)24-19(13)25-20(26)30-15-10-28-16-14(9-27-17(15)16)29-11-21(2,3)31(4)5/h6,8,14-17,31H,1,7,9-11H2,2-5H3/t14-,15-,16+,17-/m1/s1. The summed E-state index contributed by atoms with van der Waals surface area (Å²) >= 11 is 8.38. The average molecular weight is 578 g/mol. The molecular weight excluding hydrogens is 549 g/mol. The summed E-state index contributed by atoms with van der Waals surface area (Å²) in [7, 11) is -0.831. The summed E-state index contributed by atoms with van der Waals surface area (Å²) in [5, 5.41) is 0.814. The van der Waals surface area contributed by atoms with E-state index in [1.165, 1.54) is 0 Å². The van der Waals surface area contributed by atoms with Crippen molar-refractivity contribution >= 4 is 54.2 Å². The van der Waals surface area contributed by atoms with Crippen molar-refractivity contribution in [3.63, 3.8) is 0 Å². The largest absolute Gasteiger partial charge is 0.456 e. The van der Waals surface area contributed by atoms with E-state index in [0.29, 0.717) is 40.1 Å². The molecule has 0 aromatic carbocycles. The van der Waals surface area contributed by atoms with E-state index in [1.807, 2.05) is 10.6 Å². The first-order chi connectivity index (χ1) is 14.7. The van der Waals surface area contributed by atoms with Crippen molar-refractivity contribution in [2.45, 2.75) is 62.9 Å². The number of halogens is 2. The lowest BCUT2D eigenvalue weighted by Gasteiger charge is -2.30. The van der Waals surface area contributed by atoms with Gasteiger partial charge in [0.25, 0.3) is 6.01 Å². The number of allylic oxidation sites excluding steroid dienone is 1. The number of hydrogen-bond acceptors (Lipinski definition) is 6. The van der Waals surface area contributed by atoms with E-state index in [1.54, 1.807) is 6.08 Å². The summed E-state index contributed by atoms with van der Waals surface area (Å²) in [6.45, 7) is 15.3. The first-order valence-corrected chi connectivity index (χ1v) is 14.9. The van der Waals surface area contributed by atoms with Crippen molar-refractivity contribution in [3.05, 3.63) is 27.4 Å². The summed E-state index contributed by atoms with van der Waals surface area (Å²) in [4.78, 5) is 9.08. The molecule has 4 atom stereocenters. The maximum Gasteiger partial charge on any atom is 0.299 e. The zero-order chi connectivity index (χ0) is 22.3. The molecule has 31 heavy (non-hydrogen) atoms. The Kier molecular flexibility index (Phi) is 7.00. The van der Waals surface area contributed by atoms with Gasteiger partial charge in [-0.3, -0.25) is 4.57 Å². The normalized spacial score (nSPS) is 26.0. The number of rotatable bonds is 8. The number of nitrogens with zero attached hydrogens (tertiary/aromatic N) is 3. The Morgan fingerprint density at radius 2 is 1.97 bits per heavy atom. The quantitative estimate of drug-likeness (QED) is 0.204. The number of fused-ring (bicyclic) bond motifs is 2. The molecule has 0 N–H and O–H groups in total. The van der Waals surface area contributed by atoms with Gasteiger partial charge in [0.15, 0.2) is 11.8 Å². The van der Waals surface area contributed by atoms with Gasteiger partial charge >= 0.3 is 0 Å². The van der Waals surface area contributed by atoms with Crippen molar-refractivity contribution in [2.24, 2.45) is 0 Å². The van der Waals surface area contributed by atoms with Crippen LogP contribution in [0.1, 0.15) is 13.8 Å². The van der Waals surface area contributed by atoms with E-state index in [4.69, 9.17) is 30.5 Å². The lowest BCUT2D eigenvalue weighted by Crippen LogP contribution is -2.37. The van der Waals surface area contributed by atoms with Gasteiger partial charge in [-0.1, -0.05) is 44.6 Å². The molecule has 2 aromatic heterocycles. The van der Waals surface area contributed by atoms with Gasteiger partial charge in [0.2, 0.25) is 0 Å². The molecule has 0 radical (unpaired) electrons. The molecule has 2 aliphatic rings. The zero-order valence-corrected chi connectivity index (χ0v) is 22.4. The lowest BCUT2D eigenvalue weighted by molar-refractivity contribution is -0.0420. The summed E-state index contributed by atoms with van der Waals surface area (Å²) in [6.07, 6.45) is 1.16. The number of imidazole rings is 1. The second kappa shape index (κ2) is 9.26. The average Bonchev–Trinajstić information content (AvgIpc) is 3.38. The zero-order valence-electron chi connectivity index (χ0n) is 18.3. The third kappa shape index (κ3) is 4.67. The molecule has 0 saturated carbocycles.